The van der Waals surface area contributed by atoms with Gasteiger partial charge in [-0.1, -0.05) is 19.9 Å². The highest BCUT2D eigenvalue weighted by atomic mass is 127. The summed E-state index contributed by atoms with van der Waals surface area (Å²) in [6.07, 6.45) is 0.949. The molecule has 0 aliphatic rings. The van der Waals surface area contributed by atoms with E-state index in [2.05, 4.69) is 0 Å². The zero-order chi connectivity index (χ0) is 12.5. The molecule has 1 aromatic rings. The first kappa shape index (κ1) is 13.6. The lowest BCUT2D eigenvalue weighted by Crippen LogP contribution is -2.08. The summed E-state index contributed by atoms with van der Waals surface area (Å²) in [7, 11) is -3.63. The highest BCUT2D eigenvalue weighted by molar-refractivity contribution is 14.1. The maximum absolute atomic E-state index is 11.0. The maximum atomic E-state index is 11.0. The Bertz CT molecular complexity index is 494. The SMILES string of the molecule is CC(C)c1ccc(O)c(OS(C)(=O)=O)c1I. The second kappa shape index (κ2) is 4.79. The molecular weight excluding hydrogens is 343 g/mol. The van der Waals surface area contributed by atoms with Crippen molar-refractivity contribution >= 4 is 32.7 Å². The van der Waals surface area contributed by atoms with Crippen molar-refractivity contribution in [1.82, 2.24) is 0 Å². The molecule has 0 radical (unpaired) electrons. The fraction of sp³-hybridized carbons (Fsp3) is 0.400. The van der Waals surface area contributed by atoms with E-state index in [9.17, 15) is 13.5 Å². The smallest absolute Gasteiger partial charge is 0.306 e. The summed E-state index contributed by atoms with van der Waals surface area (Å²) in [5.74, 6) is 0.0722. The van der Waals surface area contributed by atoms with Gasteiger partial charge in [0.2, 0.25) is 0 Å². The van der Waals surface area contributed by atoms with Gasteiger partial charge in [-0.25, -0.2) is 0 Å². The second-order valence-electron chi connectivity index (χ2n) is 3.76. The third kappa shape index (κ3) is 3.24. The number of phenolic OH excluding ortho intramolecular Hbond substituents is 1. The lowest BCUT2D eigenvalue weighted by Gasteiger charge is -2.13. The van der Waals surface area contributed by atoms with E-state index in [-0.39, 0.29) is 17.4 Å². The van der Waals surface area contributed by atoms with Crippen LogP contribution in [0.4, 0.5) is 0 Å². The summed E-state index contributed by atoms with van der Waals surface area (Å²) < 4.78 is 27.5. The van der Waals surface area contributed by atoms with Gasteiger partial charge in [-0.2, -0.15) is 8.42 Å². The van der Waals surface area contributed by atoms with E-state index in [4.69, 9.17) is 4.18 Å². The Morgan fingerprint density at radius 2 is 1.94 bits per heavy atom. The van der Waals surface area contributed by atoms with Gasteiger partial charge in [0.15, 0.2) is 11.5 Å². The molecule has 4 nitrogen and oxygen atoms in total. The summed E-state index contributed by atoms with van der Waals surface area (Å²) in [4.78, 5) is 0. The predicted molar refractivity (Wildman–Crippen MR) is 70.4 cm³/mol. The molecule has 0 fully saturated rings. The third-order valence-corrected chi connectivity index (χ3v) is 3.55. The number of rotatable bonds is 3. The Balaban J connectivity index is 3.32. The van der Waals surface area contributed by atoms with Crippen molar-refractivity contribution in [1.29, 1.82) is 0 Å². The van der Waals surface area contributed by atoms with Crippen LogP contribution in [0.1, 0.15) is 25.3 Å². The van der Waals surface area contributed by atoms with Crippen LogP contribution in [-0.4, -0.2) is 19.8 Å². The lowest BCUT2D eigenvalue weighted by atomic mass is 10.0. The Labute approximate surface area is 109 Å². The highest BCUT2D eigenvalue weighted by Crippen LogP contribution is 2.37. The number of phenols is 1. The van der Waals surface area contributed by atoms with E-state index in [1.165, 1.54) is 6.07 Å². The number of benzene rings is 1. The monoisotopic (exact) mass is 356 g/mol. The number of aromatic hydroxyl groups is 1. The van der Waals surface area contributed by atoms with Gasteiger partial charge in [0, 0.05) is 0 Å². The topological polar surface area (TPSA) is 63.6 Å². The van der Waals surface area contributed by atoms with Crippen LogP contribution in [0.2, 0.25) is 0 Å². The van der Waals surface area contributed by atoms with E-state index in [0.717, 1.165) is 11.8 Å². The highest BCUT2D eigenvalue weighted by Gasteiger charge is 2.17. The first-order chi connectivity index (χ1) is 7.22. The molecule has 0 aliphatic carbocycles. The van der Waals surface area contributed by atoms with Crippen molar-refractivity contribution in [2.75, 3.05) is 6.26 Å². The quantitative estimate of drug-likeness (QED) is 0.668. The van der Waals surface area contributed by atoms with Crippen molar-refractivity contribution in [3.63, 3.8) is 0 Å². The first-order valence-electron chi connectivity index (χ1n) is 4.63. The molecule has 0 aliphatic heterocycles. The van der Waals surface area contributed by atoms with Crippen LogP contribution in [0.15, 0.2) is 12.1 Å². The zero-order valence-electron chi connectivity index (χ0n) is 9.19. The van der Waals surface area contributed by atoms with E-state index < -0.39 is 10.1 Å². The summed E-state index contributed by atoms with van der Waals surface area (Å²) in [5, 5.41) is 9.57. The Hall–Kier alpha value is -0.500. The minimum absolute atomic E-state index is 0.00861. The van der Waals surface area contributed by atoms with Gasteiger partial charge in [-0.3, -0.25) is 0 Å². The molecule has 0 atom stereocenters. The normalized spacial score (nSPS) is 11.8. The average Bonchev–Trinajstić information content (AvgIpc) is 2.10. The van der Waals surface area contributed by atoms with Gasteiger partial charge in [0.05, 0.1) is 9.83 Å². The molecule has 16 heavy (non-hydrogen) atoms. The van der Waals surface area contributed by atoms with Gasteiger partial charge in [0.25, 0.3) is 0 Å². The average molecular weight is 356 g/mol. The molecule has 0 unspecified atom stereocenters. The second-order valence-corrected chi connectivity index (χ2v) is 6.41. The van der Waals surface area contributed by atoms with E-state index in [1.807, 2.05) is 36.4 Å². The summed E-state index contributed by atoms with van der Waals surface area (Å²) in [6.45, 7) is 3.97. The fourth-order valence-corrected chi connectivity index (χ4v) is 3.05. The summed E-state index contributed by atoms with van der Waals surface area (Å²) >= 11 is 1.97. The van der Waals surface area contributed by atoms with Crippen LogP contribution in [0.3, 0.4) is 0 Å². The molecule has 1 N–H and O–H groups in total. The van der Waals surface area contributed by atoms with E-state index >= 15 is 0 Å². The van der Waals surface area contributed by atoms with Crippen molar-refractivity contribution in [3.8, 4) is 11.5 Å². The standard InChI is InChI=1S/C10H13IO4S/c1-6(2)7-4-5-8(12)10(9(7)11)15-16(3,13)14/h4-6,12H,1-3H3. The van der Waals surface area contributed by atoms with Crippen LogP contribution in [0, 0.1) is 3.57 Å². The van der Waals surface area contributed by atoms with Crippen LogP contribution in [0.25, 0.3) is 0 Å². The van der Waals surface area contributed by atoms with Crippen molar-refractivity contribution in [2.45, 2.75) is 19.8 Å². The van der Waals surface area contributed by atoms with Gasteiger partial charge in [0.1, 0.15) is 0 Å². The molecule has 0 bridgehead atoms. The Morgan fingerprint density at radius 3 is 2.38 bits per heavy atom. The predicted octanol–water partition coefficient (Wildman–Crippen LogP) is 2.46. The molecule has 0 heterocycles. The van der Waals surface area contributed by atoms with Gasteiger partial charge >= 0.3 is 10.1 Å². The molecule has 0 saturated carbocycles. The number of hydrogen-bond donors (Lipinski definition) is 1. The van der Waals surface area contributed by atoms with Gasteiger partial charge < -0.3 is 9.29 Å². The van der Waals surface area contributed by atoms with Crippen molar-refractivity contribution in [3.05, 3.63) is 21.3 Å². The van der Waals surface area contributed by atoms with E-state index in [1.54, 1.807) is 6.07 Å². The molecular formula is C10H13IO4S. The fourth-order valence-electron chi connectivity index (χ4n) is 1.24. The lowest BCUT2D eigenvalue weighted by molar-refractivity contribution is 0.428. The molecule has 1 aromatic carbocycles. The minimum Gasteiger partial charge on any atom is -0.504 e. The third-order valence-electron chi connectivity index (χ3n) is 1.96. The van der Waals surface area contributed by atoms with E-state index in [0.29, 0.717) is 3.57 Å². The van der Waals surface area contributed by atoms with Crippen molar-refractivity contribution < 1.29 is 17.7 Å². The molecule has 6 heteroatoms. The maximum Gasteiger partial charge on any atom is 0.306 e. The first-order valence-corrected chi connectivity index (χ1v) is 7.52. The molecule has 90 valence electrons. The van der Waals surface area contributed by atoms with Crippen molar-refractivity contribution in [2.24, 2.45) is 0 Å². The summed E-state index contributed by atoms with van der Waals surface area (Å²) in [5.41, 5.74) is 0.942. The summed E-state index contributed by atoms with van der Waals surface area (Å²) in [6, 6.07) is 3.20. The Kier molecular flexibility index (Phi) is 4.06. The molecule has 0 spiro atoms. The molecule has 0 saturated heterocycles. The van der Waals surface area contributed by atoms with Gasteiger partial charge in [-0.05, 0) is 40.1 Å². The molecule has 0 amide bonds. The zero-order valence-corrected chi connectivity index (χ0v) is 12.2. The van der Waals surface area contributed by atoms with Crippen LogP contribution in [0.5, 0.6) is 11.5 Å². The van der Waals surface area contributed by atoms with Crippen LogP contribution in [-0.2, 0) is 10.1 Å². The molecule has 0 aromatic heterocycles. The van der Waals surface area contributed by atoms with Gasteiger partial charge in [-0.15, -0.1) is 0 Å². The minimum atomic E-state index is -3.63. The number of hydrogen-bond acceptors (Lipinski definition) is 4. The Morgan fingerprint density at radius 1 is 1.38 bits per heavy atom. The van der Waals surface area contributed by atoms with Crippen LogP contribution >= 0.6 is 22.6 Å². The molecule has 1 rings (SSSR count). The largest absolute Gasteiger partial charge is 0.504 e. The van der Waals surface area contributed by atoms with Crippen LogP contribution < -0.4 is 4.18 Å². The number of halogens is 1.